The van der Waals surface area contributed by atoms with Gasteiger partial charge in [-0.2, -0.15) is 13.2 Å². The molecule has 1 atom stereocenters. The maximum Gasteiger partial charge on any atom is 0.418 e. The topological polar surface area (TPSA) is 44.4 Å². The van der Waals surface area contributed by atoms with Crippen molar-refractivity contribution in [3.8, 4) is 0 Å². The van der Waals surface area contributed by atoms with E-state index in [0.717, 1.165) is 38.5 Å². The molecule has 0 aromatic heterocycles. The molecule has 1 aromatic carbocycles. The van der Waals surface area contributed by atoms with E-state index in [9.17, 15) is 18.0 Å². The second kappa shape index (κ2) is 7.68. The number of halogens is 3. The minimum absolute atomic E-state index is 0.226. The number of rotatable bonds is 4. The highest BCUT2D eigenvalue weighted by molar-refractivity contribution is 5.90. The summed E-state index contributed by atoms with van der Waals surface area (Å²) in [6.07, 6.45) is -2.39. The Morgan fingerprint density at radius 1 is 1.35 bits per heavy atom. The van der Waals surface area contributed by atoms with Crippen molar-refractivity contribution in [2.75, 3.05) is 31.5 Å². The summed E-state index contributed by atoms with van der Waals surface area (Å²) in [5, 5.41) is 4.98. The number of hydrogen-bond acceptors (Lipinski definition) is 2. The summed E-state index contributed by atoms with van der Waals surface area (Å²) in [5.41, 5.74) is -1.07. The SMILES string of the molecule is CCN1CCC[C@H](CNC(=O)Nc2ccccc2C(F)(F)F)C1. The molecule has 4 nitrogen and oxygen atoms in total. The van der Waals surface area contributed by atoms with Crippen LogP contribution in [0.25, 0.3) is 0 Å². The first-order chi connectivity index (χ1) is 10.9. The van der Waals surface area contributed by atoms with Crippen LogP contribution in [0.4, 0.5) is 23.7 Å². The van der Waals surface area contributed by atoms with Gasteiger partial charge in [0.25, 0.3) is 0 Å². The molecule has 0 radical (unpaired) electrons. The van der Waals surface area contributed by atoms with E-state index < -0.39 is 17.8 Å². The molecule has 1 aliphatic rings. The van der Waals surface area contributed by atoms with Gasteiger partial charge in [-0.1, -0.05) is 19.1 Å². The zero-order valence-corrected chi connectivity index (χ0v) is 13.1. The van der Waals surface area contributed by atoms with Crippen molar-refractivity contribution in [1.82, 2.24) is 10.2 Å². The predicted molar refractivity (Wildman–Crippen MR) is 83.3 cm³/mol. The van der Waals surface area contributed by atoms with Crippen LogP contribution in [0.2, 0.25) is 0 Å². The lowest BCUT2D eigenvalue weighted by molar-refractivity contribution is -0.136. The lowest BCUT2D eigenvalue weighted by Gasteiger charge is -2.31. The number of amides is 2. The fourth-order valence-electron chi connectivity index (χ4n) is 2.85. The van der Waals surface area contributed by atoms with Gasteiger partial charge in [0, 0.05) is 13.1 Å². The summed E-state index contributed by atoms with van der Waals surface area (Å²) in [5.74, 6) is 0.340. The van der Waals surface area contributed by atoms with E-state index >= 15 is 0 Å². The number of piperidine rings is 1. The highest BCUT2D eigenvalue weighted by Crippen LogP contribution is 2.34. The van der Waals surface area contributed by atoms with Crippen molar-refractivity contribution in [2.45, 2.75) is 25.9 Å². The Labute approximate surface area is 134 Å². The molecule has 1 fully saturated rings. The molecular formula is C16H22F3N3O. The van der Waals surface area contributed by atoms with Crippen LogP contribution in [0.5, 0.6) is 0 Å². The Hall–Kier alpha value is -1.76. The number of benzene rings is 1. The number of carbonyl (C=O) groups is 1. The first kappa shape index (κ1) is 17.6. The third-order valence-corrected chi connectivity index (χ3v) is 4.08. The van der Waals surface area contributed by atoms with Gasteiger partial charge in [0.15, 0.2) is 0 Å². The second-order valence-electron chi connectivity index (χ2n) is 5.78. The Kier molecular flexibility index (Phi) is 5.87. The fourth-order valence-corrected chi connectivity index (χ4v) is 2.85. The van der Waals surface area contributed by atoms with Gasteiger partial charge in [-0.3, -0.25) is 0 Å². The minimum atomic E-state index is -4.49. The molecule has 1 aromatic rings. The number of hydrogen-bond donors (Lipinski definition) is 2. The molecule has 2 N–H and O–H groups in total. The van der Waals surface area contributed by atoms with Gasteiger partial charge in [-0.05, 0) is 44.0 Å². The number of urea groups is 1. The predicted octanol–water partition coefficient (Wildman–Crippen LogP) is 3.56. The highest BCUT2D eigenvalue weighted by Gasteiger charge is 2.33. The van der Waals surface area contributed by atoms with E-state index in [4.69, 9.17) is 0 Å². The summed E-state index contributed by atoms with van der Waals surface area (Å²) < 4.78 is 38.6. The highest BCUT2D eigenvalue weighted by atomic mass is 19.4. The molecule has 0 aliphatic carbocycles. The number of alkyl halides is 3. The van der Waals surface area contributed by atoms with Crippen LogP contribution < -0.4 is 10.6 Å². The van der Waals surface area contributed by atoms with Gasteiger partial charge in [0.05, 0.1) is 11.3 Å². The lowest BCUT2D eigenvalue weighted by atomic mass is 9.98. The van der Waals surface area contributed by atoms with E-state index in [1.807, 2.05) is 0 Å². The van der Waals surface area contributed by atoms with Crippen molar-refractivity contribution in [3.05, 3.63) is 29.8 Å². The zero-order valence-electron chi connectivity index (χ0n) is 13.1. The molecular weight excluding hydrogens is 307 g/mol. The lowest BCUT2D eigenvalue weighted by Crippen LogP contribution is -2.41. The molecule has 2 amide bonds. The quantitative estimate of drug-likeness (QED) is 0.887. The first-order valence-electron chi connectivity index (χ1n) is 7.83. The maximum absolute atomic E-state index is 12.9. The van der Waals surface area contributed by atoms with E-state index in [1.165, 1.54) is 18.2 Å². The second-order valence-corrected chi connectivity index (χ2v) is 5.78. The fraction of sp³-hybridized carbons (Fsp3) is 0.562. The van der Waals surface area contributed by atoms with Crippen LogP contribution in [0.15, 0.2) is 24.3 Å². The number of para-hydroxylation sites is 1. The molecule has 1 aliphatic heterocycles. The summed E-state index contributed by atoms with van der Waals surface area (Å²) in [4.78, 5) is 14.2. The molecule has 23 heavy (non-hydrogen) atoms. The Balaban J connectivity index is 1.88. The average Bonchev–Trinajstić information content (AvgIpc) is 2.52. The average molecular weight is 329 g/mol. The van der Waals surface area contributed by atoms with Gasteiger partial charge in [-0.15, -0.1) is 0 Å². The summed E-state index contributed by atoms with van der Waals surface area (Å²) >= 11 is 0. The Morgan fingerprint density at radius 3 is 2.78 bits per heavy atom. The first-order valence-corrected chi connectivity index (χ1v) is 7.83. The molecule has 2 rings (SSSR count). The number of carbonyl (C=O) groups excluding carboxylic acids is 1. The number of nitrogens with zero attached hydrogens (tertiary/aromatic N) is 1. The Morgan fingerprint density at radius 2 is 2.09 bits per heavy atom. The van der Waals surface area contributed by atoms with Crippen molar-refractivity contribution in [2.24, 2.45) is 5.92 Å². The van der Waals surface area contributed by atoms with Crippen molar-refractivity contribution >= 4 is 11.7 Å². The molecule has 0 spiro atoms. The van der Waals surface area contributed by atoms with Crippen LogP contribution in [0.1, 0.15) is 25.3 Å². The molecule has 7 heteroatoms. The van der Waals surface area contributed by atoms with Gasteiger partial charge >= 0.3 is 12.2 Å². The summed E-state index contributed by atoms with van der Waals surface area (Å²) in [7, 11) is 0. The van der Waals surface area contributed by atoms with Crippen LogP contribution >= 0.6 is 0 Å². The summed E-state index contributed by atoms with van der Waals surface area (Å²) in [6.45, 7) is 5.52. The van der Waals surface area contributed by atoms with Crippen LogP contribution in [0.3, 0.4) is 0 Å². The normalized spacial score (nSPS) is 19.4. The van der Waals surface area contributed by atoms with Crippen LogP contribution in [0, 0.1) is 5.92 Å². The van der Waals surface area contributed by atoms with E-state index in [1.54, 1.807) is 0 Å². The number of anilines is 1. The molecule has 0 bridgehead atoms. The van der Waals surface area contributed by atoms with Gasteiger partial charge in [-0.25, -0.2) is 4.79 Å². The van der Waals surface area contributed by atoms with Crippen molar-refractivity contribution in [1.29, 1.82) is 0 Å². The zero-order chi connectivity index (χ0) is 16.9. The van der Waals surface area contributed by atoms with Gasteiger partial charge < -0.3 is 15.5 Å². The smallest absolute Gasteiger partial charge is 0.338 e. The molecule has 0 unspecified atom stereocenters. The maximum atomic E-state index is 12.9. The van der Waals surface area contributed by atoms with Gasteiger partial charge in [0.2, 0.25) is 0 Å². The van der Waals surface area contributed by atoms with E-state index in [2.05, 4.69) is 22.5 Å². The summed E-state index contributed by atoms with van der Waals surface area (Å²) in [6, 6.07) is 4.37. The third kappa shape index (κ3) is 5.13. The van der Waals surface area contributed by atoms with Crippen molar-refractivity contribution in [3.63, 3.8) is 0 Å². The number of nitrogens with one attached hydrogen (secondary N) is 2. The Bertz CT molecular complexity index is 534. The molecule has 1 heterocycles. The number of likely N-dealkylation sites (tertiary alicyclic amines) is 1. The standard InChI is InChI=1S/C16H22F3N3O/c1-2-22-9-5-6-12(11-22)10-20-15(23)21-14-8-4-3-7-13(14)16(17,18)19/h3-4,7-8,12H,2,5-6,9-11H2,1H3,(H2,20,21,23)/t12-/m1/s1. The van der Waals surface area contributed by atoms with E-state index in [-0.39, 0.29) is 5.69 Å². The monoisotopic (exact) mass is 329 g/mol. The van der Waals surface area contributed by atoms with E-state index in [0.29, 0.717) is 12.5 Å². The largest absolute Gasteiger partial charge is 0.418 e. The minimum Gasteiger partial charge on any atom is -0.338 e. The van der Waals surface area contributed by atoms with Crippen LogP contribution in [-0.2, 0) is 6.18 Å². The molecule has 1 saturated heterocycles. The molecule has 0 saturated carbocycles. The molecule has 128 valence electrons. The van der Waals surface area contributed by atoms with Crippen molar-refractivity contribution < 1.29 is 18.0 Å². The van der Waals surface area contributed by atoms with Gasteiger partial charge in [0.1, 0.15) is 0 Å². The third-order valence-electron chi connectivity index (χ3n) is 4.08. The van der Waals surface area contributed by atoms with Crippen LogP contribution in [-0.4, -0.2) is 37.1 Å².